The van der Waals surface area contributed by atoms with Crippen LogP contribution in [-0.4, -0.2) is 37.0 Å². The van der Waals surface area contributed by atoms with Gasteiger partial charge in [0.05, 0.1) is 6.26 Å². The normalized spacial score (nSPS) is 15.8. The molecule has 0 aromatic carbocycles. The number of nitrogens with one attached hydrogen (secondary N) is 1. The van der Waals surface area contributed by atoms with Gasteiger partial charge in [0, 0.05) is 32.6 Å². The van der Waals surface area contributed by atoms with Crippen LogP contribution >= 0.6 is 24.0 Å². The van der Waals surface area contributed by atoms with Crippen LogP contribution in [0.15, 0.2) is 27.8 Å². The first-order valence-corrected chi connectivity index (χ1v) is 7.46. The number of furan rings is 1. The highest BCUT2D eigenvalue weighted by atomic mass is 127. The third-order valence-electron chi connectivity index (χ3n) is 3.38. The van der Waals surface area contributed by atoms with Gasteiger partial charge in [0.1, 0.15) is 5.76 Å². The van der Waals surface area contributed by atoms with Crippen LogP contribution in [-0.2, 0) is 6.42 Å². The summed E-state index contributed by atoms with van der Waals surface area (Å²) in [5.74, 6) is 2.11. The second kappa shape index (κ2) is 10.1. The van der Waals surface area contributed by atoms with Gasteiger partial charge in [-0.1, -0.05) is 6.92 Å². The molecule has 0 amide bonds. The largest absolute Gasteiger partial charge is 0.469 e. The average Bonchev–Trinajstić information content (AvgIpc) is 2.97. The predicted octanol–water partition coefficient (Wildman–Crippen LogP) is 3.28. The van der Waals surface area contributed by atoms with Gasteiger partial charge in [0.2, 0.25) is 0 Å². The van der Waals surface area contributed by atoms with Crippen molar-refractivity contribution < 1.29 is 4.42 Å². The van der Waals surface area contributed by atoms with Crippen molar-refractivity contribution in [2.24, 2.45) is 4.99 Å². The molecule has 1 aliphatic heterocycles. The van der Waals surface area contributed by atoms with Crippen molar-refractivity contribution in [3.8, 4) is 0 Å². The van der Waals surface area contributed by atoms with Crippen molar-refractivity contribution in [1.82, 2.24) is 10.2 Å². The first-order valence-electron chi connectivity index (χ1n) is 7.46. The van der Waals surface area contributed by atoms with E-state index in [4.69, 9.17) is 4.42 Å². The van der Waals surface area contributed by atoms with E-state index in [1.54, 1.807) is 6.26 Å². The Hall–Kier alpha value is -0.720. The van der Waals surface area contributed by atoms with E-state index in [9.17, 15) is 0 Å². The zero-order chi connectivity index (χ0) is 13.3. The van der Waals surface area contributed by atoms with E-state index in [1.807, 2.05) is 12.1 Å². The maximum absolute atomic E-state index is 5.35. The van der Waals surface area contributed by atoms with Crippen LogP contribution in [0.25, 0.3) is 0 Å². The van der Waals surface area contributed by atoms with Crippen molar-refractivity contribution in [3.63, 3.8) is 0 Å². The fourth-order valence-corrected chi connectivity index (χ4v) is 2.34. The first kappa shape index (κ1) is 17.3. The van der Waals surface area contributed by atoms with Crippen molar-refractivity contribution in [3.05, 3.63) is 24.2 Å². The maximum Gasteiger partial charge on any atom is 0.193 e. The van der Waals surface area contributed by atoms with Crippen molar-refractivity contribution >= 4 is 29.9 Å². The molecule has 1 aliphatic rings. The summed E-state index contributed by atoms with van der Waals surface area (Å²) in [4.78, 5) is 7.08. The average molecular weight is 391 g/mol. The molecule has 114 valence electrons. The number of rotatable bonds is 5. The quantitative estimate of drug-likeness (QED) is 0.476. The van der Waals surface area contributed by atoms with Crippen molar-refractivity contribution in [1.29, 1.82) is 0 Å². The van der Waals surface area contributed by atoms with Gasteiger partial charge in [0.15, 0.2) is 5.96 Å². The summed E-state index contributed by atoms with van der Waals surface area (Å²) in [6.45, 7) is 6.22. The van der Waals surface area contributed by atoms with E-state index >= 15 is 0 Å². The highest BCUT2D eigenvalue weighted by Crippen LogP contribution is 2.09. The lowest BCUT2D eigenvalue weighted by Gasteiger charge is -2.30. The molecule has 0 radical (unpaired) electrons. The molecule has 0 bridgehead atoms. The lowest BCUT2D eigenvalue weighted by molar-refractivity contribution is 0.330. The molecule has 0 unspecified atom stereocenters. The summed E-state index contributed by atoms with van der Waals surface area (Å²) in [6, 6.07) is 3.96. The number of piperidine rings is 1. The van der Waals surface area contributed by atoms with Crippen LogP contribution < -0.4 is 5.32 Å². The smallest absolute Gasteiger partial charge is 0.193 e. The second-order valence-corrected chi connectivity index (χ2v) is 5.01. The van der Waals surface area contributed by atoms with Crippen LogP contribution in [0.2, 0.25) is 0 Å². The van der Waals surface area contributed by atoms with Gasteiger partial charge < -0.3 is 14.6 Å². The van der Waals surface area contributed by atoms with Gasteiger partial charge in [-0.3, -0.25) is 4.99 Å². The van der Waals surface area contributed by atoms with Gasteiger partial charge in [-0.25, -0.2) is 0 Å². The van der Waals surface area contributed by atoms with Crippen LogP contribution in [0.3, 0.4) is 0 Å². The van der Waals surface area contributed by atoms with Crippen molar-refractivity contribution in [2.75, 3.05) is 26.2 Å². The summed E-state index contributed by atoms with van der Waals surface area (Å²) in [5.41, 5.74) is 0. The van der Waals surface area contributed by atoms with E-state index in [1.165, 1.54) is 19.3 Å². The zero-order valence-corrected chi connectivity index (χ0v) is 14.6. The highest BCUT2D eigenvalue weighted by Gasteiger charge is 2.14. The molecule has 1 fully saturated rings. The minimum atomic E-state index is 0. The van der Waals surface area contributed by atoms with Crippen LogP contribution in [0, 0.1) is 0 Å². The Morgan fingerprint density at radius 2 is 2.15 bits per heavy atom. The number of halogens is 1. The Kier molecular flexibility index (Phi) is 8.73. The van der Waals surface area contributed by atoms with Gasteiger partial charge in [-0.2, -0.15) is 0 Å². The third-order valence-corrected chi connectivity index (χ3v) is 3.38. The van der Waals surface area contributed by atoms with Crippen LogP contribution in [0.5, 0.6) is 0 Å². The van der Waals surface area contributed by atoms with Gasteiger partial charge in [-0.15, -0.1) is 24.0 Å². The molecule has 1 aromatic rings. The molecule has 0 saturated carbocycles. The Labute approximate surface area is 139 Å². The first-order chi connectivity index (χ1) is 9.40. The zero-order valence-electron chi connectivity index (χ0n) is 12.3. The number of likely N-dealkylation sites (tertiary alicyclic amines) is 1. The lowest BCUT2D eigenvalue weighted by Crippen LogP contribution is -2.44. The Morgan fingerprint density at radius 3 is 2.80 bits per heavy atom. The summed E-state index contributed by atoms with van der Waals surface area (Å²) in [6.07, 6.45) is 7.65. The molecular formula is C15H26IN3O. The highest BCUT2D eigenvalue weighted by molar-refractivity contribution is 14.0. The fraction of sp³-hybridized carbons (Fsp3) is 0.667. The molecule has 1 saturated heterocycles. The second-order valence-electron chi connectivity index (χ2n) is 5.01. The van der Waals surface area contributed by atoms with Gasteiger partial charge in [0.25, 0.3) is 0 Å². The number of hydrogen-bond donors (Lipinski definition) is 1. The SMILES string of the molecule is CCCN=C(NCCc1ccco1)N1CCCCC1.I. The maximum atomic E-state index is 5.35. The Bertz CT molecular complexity index is 372. The number of nitrogens with zero attached hydrogens (tertiary/aromatic N) is 2. The Balaban J connectivity index is 0.00000200. The summed E-state index contributed by atoms with van der Waals surface area (Å²) < 4.78 is 5.35. The molecule has 0 spiro atoms. The lowest BCUT2D eigenvalue weighted by atomic mass is 10.1. The predicted molar refractivity (Wildman–Crippen MR) is 93.8 cm³/mol. The molecule has 5 heteroatoms. The summed E-state index contributed by atoms with van der Waals surface area (Å²) >= 11 is 0. The van der Waals surface area contributed by atoms with E-state index < -0.39 is 0 Å². The Morgan fingerprint density at radius 1 is 1.35 bits per heavy atom. The molecular weight excluding hydrogens is 365 g/mol. The summed E-state index contributed by atoms with van der Waals surface area (Å²) in [7, 11) is 0. The topological polar surface area (TPSA) is 40.8 Å². The molecule has 2 rings (SSSR count). The van der Waals surface area contributed by atoms with Crippen molar-refractivity contribution in [2.45, 2.75) is 39.0 Å². The van der Waals surface area contributed by atoms with Crippen LogP contribution in [0.4, 0.5) is 0 Å². The number of guanidine groups is 1. The fourth-order valence-electron chi connectivity index (χ4n) is 2.34. The molecule has 20 heavy (non-hydrogen) atoms. The van der Waals surface area contributed by atoms with E-state index in [-0.39, 0.29) is 24.0 Å². The third kappa shape index (κ3) is 5.73. The number of aliphatic imine (C=N–C) groups is 1. The molecule has 0 aliphatic carbocycles. The minimum absolute atomic E-state index is 0. The van der Waals surface area contributed by atoms with E-state index in [0.29, 0.717) is 0 Å². The van der Waals surface area contributed by atoms with E-state index in [2.05, 4.69) is 22.1 Å². The standard InChI is InChI=1S/C15H25N3O.HI/c1-2-9-16-15(18-11-4-3-5-12-18)17-10-8-14-7-6-13-19-14;/h6-7,13H,2-5,8-12H2,1H3,(H,16,17);1H. The van der Waals surface area contributed by atoms with Crippen LogP contribution in [0.1, 0.15) is 38.4 Å². The molecule has 0 atom stereocenters. The number of hydrogen-bond acceptors (Lipinski definition) is 2. The molecule has 1 N–H and O–H groups in total. The van der Waals surface area contributed by atoms with E-state index in [0.717, 1.165) is 50.7 Å². The minimum Gasteiger partial charge on any atom is -0.469 e. The summed E-state index contributed by atoms with van der Waals surface area (Å²) in [5, 5.41) is 3.48. The van der Waals surface area contributed by atoms with Gasteiger partial charge in [-0.05, 0) is 37.8 Å². The molecule has 1 aromatic heterocycles. The molecule has 2 heterocycles. The molecule has 4 nitrogen and oxygen atoms in total. The van der Waals surface area contributed by atoms with Gasteiger partial charge >= 0.3 is 0 Å². The monoisotopic (exact) mass is 391 g/mol.